The Bertz CT molecular complexity index is 323. The van der Waals surface area contributed by atoms with Crippen LogP contribution in [-0.4, -0.2) is 21.4 Å². The summed E-state index contributed by atoms with van der Waals surface area (Å²) in [6.07, 6.45) is 0.877. The standard InChI is InChI=1S/C12H18O3/c1-3-8(10(13)4-2)9-6-5-7-11(14)12(9)15/h5-8,10,13-15H,3-4H2,1-2H3. The van der Waals surface area contributed by atoms with E-state index in [9.17, 15) is 15.3 Å². The molecule has 0 aliphatic heterocycles. The van der Waals surface area contributed by atoms with Gasteiger partial charge >= 0.3 is 0 Å². The fourth-order valence-corrected chi connectivity index (χ4v) is 1.83. The number of aliphatic hydroxyl groups is 1. The Morgan fingerprint density at radius 1 is 1.13 bits per heavy atom. The maximum absolute atomic E-state index is 9.79. The van der Waals surface area contributed by atoms with E-state index in [0.717, 1.165) is 6.42 Å². The summed E-state index contributed by atoms with van der Waals surface area (Å²) in [7, 11) is 0. The van der Waals surface area contributed by atoms with Crippen molar-refractivity contribution in [3.05, 3.63) is 23.8 Å². The van der Waals surface area contributed by atoms with Crippen molar-refractivity contribution in [3.8, 4) is 11.5 Å². The predicted molar refractivity (Wildman–Crippen MR) is 59.1 cm³/mol. The molecule has 1 rings (SSSR count). The van der Waals surface area contributed by atoms with E-state index in [-0.39, 0.29) is 17.4 Å². The van der Waals surface area contributed by atoms with Gasteiger partial charge in [-0.15, -0.1) is 0 Å². The molecule has 3 heteroatoms. The first kappa shape index (κ1) is 11.9. The van der Waals surface area contributed by atoms with Gasteiger partial charge < -0.3 is 15.3 Å². The minimum absolute atomic E-state index is 0.114. The van der Waals surface area contributed by atoms with Gasteiger partial charge in [-0.2, -0.15) is 0 Å². The van der Waals surface area contributed by atoms with E-state index in [2.05, 4.69) is 0 Å². The van der Waals surface area contributed by atoms with Crippen LogP contribution in [0.3, 0.4) is 0 Å². The number of hydrogen-bond donors (Lipinski definition) is 3. The number of aliphatic hydroxyl groups excluding tert-OH is 1. The molecule has 0 amide bonds. The van der Waals surface area contributed by atoms with Crippen LogP contribution in [0.15, 0.2) is 18.2 Å². The van der Waals surface area contributed by atoms with Gasteiger partial charge in [-0.25, -0.2) is 0 Å². The first-order valence-electron chi connectivity index (χ1n) is 5.30. The third kappa shape index (κ3) is 2.42. The highest BCUT2D eigenvalue weighted by atomic mass is 16.3. The third-order valence-electron chi connectivity index (χ3n) is 2.77. The molecule has 15 heavy (non-hydrogen) atoms. The summed E-state index contributed by atoms with van der Waals surface area (Å²) in [4.78, 5) is 0. The molecule has 0 heterocycles. The van der Waals surface area contributed by atoms with E-state index in [1.54, 1.807) is 12.1 Å². The van der Waals surface area contributed by atoms with Gasteiger partial charge in [0, 0.05) is 11.5 Å². The Kier molecular flexibility index (Phi) is 3.97. The van der Waals surface area contributed by atoms with E-state index in [4.69, 9.17) is 0 Å². The Hall–Kier alpha value is -1.22. The van der Waals surface area contributed by atoms with E-state index in [1.807, 2.05) is 13.8 Å². The monoisotopic (exact) mass is 210 g/mol. The number of benzene rings is 1. The third-order valence-corrected chi connectivity index (χ3v) is 2.77. The van der Waals surface area contributed by atoms with Crippen LogP contribution >= 0.6 is 0 Å². The maximum atomic E-state index is 9.79. The fourth-order valence-electron chi connectivity index (χ4n) is 1.83. The number of phenolic OH excluding ortho intramolecular Hbond substituents is 2. The Labute approximate surface area is 90.0 Å². The van der Waals surface area contributed by atoms with Crippen LogP contribution in [-0.2, 0) is 0 Å². The minimum atomic E-state index is -0.484. The van der Waals surface area contributed by atoms with Crippen molar-refractivity contribution in [2.24, 2.45) is 0 Å². The Balaban J connectivity index is 3.07. The maximum Gasteiger partial charge on any atom is 0.161 e. The van der Waals surface area contributed by atoms with Gasteiger partial charge in [-0.1, -0.05) is 26.0 Å². The second-order valence-electron chi connectivity index (χ2n) is 3.71. The van der Waals surface area contributed by atoms with Crippen molar-refractivity contribution < 1.29 is 15.3 Å². The van der Waals surface area contributed by atoms with Crippen molar-refractivity contribution in [2.75, 3.05) is 0 Å². The highest BCUT2D eigenvalue weighted by Crippen LogP contribution is 2.37. The van der Waals surface area contributed by atoms with E-state index in [1.165, 1.54) is 6.07 Å². The van der Waals surface area contributed by atoms with Gasteiger partial charge in [0.15, 0.2) is 11.5 Å². The van der Waals surface area contributed by atoms with E-state index in [0.29, 0.717) is 12.0 Å². The topological polar surface area (TPSA) is 60.7 Å². The molecule has 2 atom stereocenters. The fraction of sp³-hybridized carbons (Fsp3) is 0.500. The van der Waals surface area contributed by atoms with Crippen LogP contribution in [0.4, 0.5) is 0 Å². The molecule has 1 aromatic carbocycles. The van der Waals surface area contributed by atoms with Crippen LogP contribution < -0.4 is 0 Å². The molecule has 0 saturated carbocycles. The van der Waals surface area contributed by atoms with Crippen LogP contribution in [0.5, 0.6) is 11.5 Å². The summed E-state index contributed by atoms with van der Waals surface area (Å²) in [6, 6.07) is 4.85. The highest BCUT2D eigenvalue weighted by Gasteiger charge is 2.21. The molecule has 0 saturated heterocycles. The molecule has 2 unspecified atom stereocenters. The molecule has 3 N–H and O–H groups in total. The summed E-state index contributed by atoms with van der Waals surface area (Å²) in [6.45, 7) is 3.85. The second kappa shape index (κ2) is 5.03. The zero-order chi connectivity index (χ0) is 11.4. The van der Waals surface area contributed by atoms with Crippen molar-refractivity contribution in [1.29, 1.82) is 0 Å². The quantitative estimate of drug-likeness (QED) is 0.668. The number of hydrogen-bond acceptors (Lipinski definition) is 3. The Morgan fingerprint density at radius 3 is 2.33 bits per heavy atom. The molecule has 3 nitrogen and oxygen atoms in total. The van der Waals surface area contributed by atoms with Crippen LogP contribution in [0.25, 0.3) is 0 Å². The molecule has 0 aromatic heterocycles. The van der Waals surface area contributed by atoms with Gasteiger partial charge in [0.2, 0.25) is 0 Å². The van der Waals surface area contributed by atoms with Gasteiger partial charge in [-0.05, 0) is 18.9 Å². The van der Waals surface area contributed by atoms with Gasteiger partial charge in [-0.3, -0.25) is 0 Å². The molecule has 0 spiro atoms. The lowest BCUT2D eigenvalue weighted by molar-refractivity contribution is 0.135. The summed E-state index contributed by atoms with van der Waals surface area (Å²) >= 11 is 0. The number of rotatable bonds is 4. The highest BCUT2D eigenvalue weighted by molar-refractivity contribution is 5.46. The SMILES string of the molecule is CCC(O)C(CC)c1cccc(O)c1O. The zero-order valence-electron chi connectivity index (χ0n) is 9.14. The summed E-state index contributed by atoms with van der Waals surface area (Å²) < 4.78 is 0. The normalized spacial score (nSPS) is 14.9. The Morgan fingerprint density at radius 2 is 1.80 bits per heavy atom. The van der Waals surface area contributed by atoms with Crippen molar-refractivity contribution in [1.82, 2.24) is 0 Å². The van der Waals surface area contributed by atoms with Crippen LogP contribution in [0, 0.1) is 0 Å². The van der Waals surface area contributed by atoms with Crippen LogP contribution in [0.2, 0.25) is 0 Å². The lowest BCUT2D eigenvalue weighted by atomic mass is 9.89. The van der Waals surface area contributed by atoms with E-state index >= 15 is 0 Å². The van der Waals surface area contributed by atoms with Crippen molar-refractivity contribution in [3.63, 3.8) is 0 Å². The van der Waals surface area contributed by atoms with Crippen LogP contribution in [0.1, 0.15) is 38.2 Å². The molecule has 1 aromatic rings. The molecule has 0 aliphatic carbocycles. The minimum Gasteiger partial charge on any atom is -0.504 e. The zero-order valence-corrected chi connectivity index (χ0v) is 9.14. The van der Waals surface area contributed by atoms with Gasteiger partial charge in [0.1, 0.15) is 0 Å². The van der Waals surface area contributed by atoms with E-state index < -0.39 is 6.10 Å². The summed E-state index contributed by atoms with van der Waals surface area (Å²) in [5.74, 6) is -0.367. The van der Waals surface area contributed by atoms with Crippen molar-refractivity contribution >= 4 is 0 Å². The molecule has 0 aliphatic rings. The molecular formula is C12H18O3. The summed E-state index contributed by atoms with van der Waals surface area (Å²) in [5.41, 5.74) is 0.617. The second-order valence-corrected chi connectivity index (χ2v) is 3.71. The van der Waals surface area contributed by atoms with Crippen molar-refractivity contribution in [2.45, 2.75) is 38.7 Å². The van der Waals surface area contributed by atoms with Gasteiger partial charge in [0.05, 0.1) is 6.10 Å². The largest absolute Gasteiger partial charge is 0.504 e. The average molecular weight is 210 g/mol. The molecule has 0 fully saturated rings. The molecular weight excluding hydrogens is 192 g/mol. The lowest BCUT2D eigenvalue weighted by Crippen LogP contribution is -2.16. The molecule has 84 valence electrons. The molecule has 0 radical (unpaired) electrons. The lowest BCUT2D eigenvalue weighted by Gasteiger charge is -2.21. The summed E-state index contributed by atoms with van der Waals surface area (Å²) in [5, 5.41) is 28.8. The first-order chi connectivity index (χ1) is 7.11. The smallest absolute Gasteiger partial charge is 0.161 e. The first-order valence-corrected chi connectivity index (χ1v) is 5.30. The molecule has 0 bridgehead atoms. The van der Waals surface area contributed by atoms with Gasteiger partial charge in [0.25, 0.3) is 0 Å². The number of aromatic hydroxyl groups is 2. The predicted octanol–water partition coefficient (Wildman–Crippen LogP) is 2.36. The average Bonchev–Trinajstić information content (AvgIpc) is 2.24. The number of para-hydroxylation sites is 1. The number of phenols is 2.